The van der Waals surface area contributed by atoms with Gasteiger partial charge in [-0.15, -0.1) is 3.89 Å². The number of hydrogen-bond donors (Lipinski definition) is 0. The Kier molecular flexibility index (Phi) is 3.61. The van der Waals surface area contributed by atoms with Crippen LogP contribution in [-0.4, -0.2) is 36.0 Å². The Labute approximate surface area is 117 Å². The van der Waals surface area contributed by atoms with Crippen molar-refractivity contribution in [3.8, 4) is 0 Å². The van der Waals surface area contributed by atoms with Crippen LogP contribution < -0.4 is 4.90 Å². The molecule has 1 fully saturated rings. The van der Waals surface area contributed by atoms with Gasteiger partial charge in [-0.2, -0.15) is 8.42 Å². The third-order valence-corrected chi connectivity index (χ3v) is 4.07. The highest BCUT2D eigenvalue weighted by molar-refractivity contribution is 7.87. The van der Waals surface area contributed by atoms with Gasteiger partial charge in [0.15, 0.2) is 0 Å². The summed E-state index contributed by atoms with van der Waals surface area (Å²) >= 11 is 5.58. The summed E-state index contributed by atoms with van der Waals surface area (Å²) in [4.78, 5) is 26.2. The lowest BCUT2D eigenvalue weighted by Crippen LogP contribution is -2.28. The van der Waals surface area contributed by atoms with E-state index in [2.05, 4.69) is 4.98 Å². The zero-order valence-corrected chi connectivity index (χ0v) is 11.3. The Bertz CT molecular complexity index is 695. The zero-order chi connectivity index (χ0) is 15.1. The van der Waals surface area contributed by atoms with Crippen LogP contribution in [-0.2, 0) is 15.0 Å². The fraction of sp³-hybridized carbons (Fsp3) is 0.333. The number of carbonyl (C=O) groups excluding carboxylic acids is 1. The number of amides is 1. The van der Waals surface area contributed by atoms with Crippen molar-refractivity contribution in [3.05, 3.63) is 27.4 Å². The van der Waals surface area contributed by atoms with E-state index in [1.807, 2.05) is 0 Å². The van der Waals surface area contributed by atoms with E-state index in [4.69, 9.17) is 11.6 Å². The van der Waals surface area contributed by atoms with Crippen LogP contribution in [0.3, 0.4) is 0 Å². The van der Waals surface area contributed by atoms with Crippen molar-refractivity contribution in [2.24, 2.45) is 0 Å². The topological polar surface area (TPSA) is 110 Å². The summed E-state index contributed by atoms with van der Waals surface area (Å²) in [5, 5.41) is 9.33. The van der Waals surface area contributed by atoms with Crippen LogP contribution in [0.2, 0.25) is 5.02 Å². The predicted octanol–water partition coefficient (Wildman–Crippen LogP) is 1.05. The van der Waals surface area contributed by atoms with E-state index in [0.717, 1.165) is 17.2 Å². The standard InChI is InChI=1S/C9H7ClFN3O5S/c10-5-1-7(14(16)17)9(12-3-5)13-4-6(2-8(13)15)20(11,18)19/h1,3,6H,2,4H2. The van der Waals surface area contributed by atoms with Gasteiger partial charge in [0.1, 0.15) is 5.25 Å². The van der Waals surface area contributed by atoms with Gasteiger partial charge in [0.25, 0.3) is 0 Å². The van der Waals surface area contributed by atoms with Crippen LogP contribution in [0, 0.1) is 10.1 Å². The minimum absolute atomic E-state index is 0.0123. The van der Waals surface area contributed by atoms with Crippen molar-refractivity contribution < 1.29 is 22.0 Å². The first-order valence-corrected chi connectivity index (χ1v) is 7.06. The third-order valence-electron chi connectivity index (χ3n) is 2.75. The molecular formula is C9H7ClFN3O5S. The molecule has 0 spiro atoms. The number of carbonyl (C=O) groups is 1. The molecule has 8 nitrogen and oxygen atoms in total. The summed E-state index contributed by atoms with van der Waals surface area (Å²) in [5.74, 6) is -1.11. The molecular weight excluding hydrogens is 317 g/mol. The van der Waals surface area contributed by atoms with Gasteiger partial charge in [0.05, 0.1) is 9.95 Å². The molecule has 108 valence electrons. The average molecular weight is 324 g/mol. The summed E-state index contributed by atoms with van der Waals surface area (Å²) in [5.41, 5.74) is -0.553. The van der Waals surface area contributed by atoms with Crippen molar-refractivity contribution in [3.63, 3.8) is 0 Å². The molecule has 0 aromatic carbocycles. The maximum Gasteiger partial charge on any atom is 0.313 e. The second kappa shape index (κ2) is 4.94. The summed E-state index contributed by atoms with van der Waals surface area (Å²) in [7, 11) is -4.90. The number of anilines is 1. The second-order valence-electron chi connectivity index (χ2n) is 4.06. The van der Waals surface area contributed by atoms with Crippen molar-refractivity contribution in [2.75, 3.05) is 11.4 Å². The van der Waals surface area contributed by atoms with E-state index in [1.165, 1.54) is 0 Å². The van der Waals surface area contributed by atoms with Crippen molar-refractivity contribution in [1.29, 1.82) is 0 Å². The van der Waals surface area contributed by atoms with Gasteiger partial charge in [-0.25, -0.2) is 4.98 Å². The summed E-state index contributed by atoms with van der Waals surface area (Å²) in [6.07, 6.45) is 0.495. The number of nitrogens with zero attached hydrogens (tertiary/aromatic N) is 3. The average Bonchev–Trinajstić information content (AvgIpc) is 2.71. The molecule has 0 bridgehead atoms. The Morgan fingerprint density at radius 2 is 2.20 bits per heavy atom. The first kappa shape index (κ1) is 14.6. The number of aromatic nitrogens is 1. The van der Waals surface area contributed by atoms with E-state index >= 15 is 0 Å². The summed E-state index contributed by atoms with van der Waals surface area (Å²) < 4.78 is 34.5. The van der Waals surface area contributed by atoms with E-state index in [9.17, 15) is 27.2 Å². The summed E-state index contributed by atoms with van der Waals surface area (Å²) in [6, 6.07) is 0.981. The van der Waals surface area contributed by atoms with Crippen LogP contribution in [0.1, 0.15) is 6.42 Å². The van der Waals surface area contributed by atoms with E-state index in [0.29, 0.717) is 0 Å². The van der Waals surface area contributed by atoms with Crippen LogP contribution in [0.25, 0.3) is 0 Å². The van der Waals surface area contributed by atoms with E-state index in [-0.39, 0.29) is 10.8 Å². The molecule has 1 aromatic rings. The number of hydrogen-bond acceptors (Lipinski definition) is 6. The van der Waals surface area contributed by atoms with Crippen molar-refractivity contribution in [2.45, 2.75) is 11.7 Å². The summed E-state index contributed by atoms with van der Waals surface area (Å²) in [6.45, 7) is -0.521. The quantitative estimate of drug-likeness (QED) is 0.467. The Morgan fingerprint density at radius 1 is 1.55 bits per heavy atom. The van der Waals surface area contributed by atoms with Gasteiger partial charge in [-0.05, 0) is 0 Å². The predicted molar refractivity (Wildman–Crippen MR) is 66.7 cm³/mol. The van der Waals surface area contributed by atoms with E-state index < -0.39 is 45.0 Å². The van der Waals surface area contributed by atoms with Gasteiger partial charge in [-0.1, -0.05) is 11.6 Å². The first-order chi connectivity index (χ1) is 9.20. The van der Waals surface area contributed by atoms with E-state index in [1.54, 1.807) is 0 Å². The molecule has 1 amide bonds. The molecule has 20 heavy (non-hydrogen) atoms. The third kappa shape index (κ3) is 2.70. The minimum atomic E-state index is -4.90. The minimum Gasteiger partial charge on any atom is -0.290 e. The number of nitro groups is 1. The number of rotatable bonds is 3. The lowest BCUT2D eigenvalue weighted by atomic mass is 10.3. The monoisotopic (exact) mass is 323 g/mol. The van der Waals surface area contributed by atoms with Crippen LogP contribution in [0.15, 0.2) is 12.3 Å². The molecule has 1 saturated heterocycles. The molecule has 1 aliphatic heterocycles. The second-order valence-corrected chi connectivity index (χ2v) is 6.11. The number of pyridine rings is 1. The normalized spacial score (nSPS) is 19.4. The fourth-order valence-electron chi connectivity index (χ4n) is 1.83. The van der Waals surface area contributed by atoms with Crippen LogP contribution in [0.4, 0.5) is 15.4 Å². The molecule has 1 atom stereocenters. The van der Waals surface area contributed by atoms with Crippen molar-refractivity contribution >= 4 is 39.2 Å². The molecule has 11 heteroatoms. The molecule has 0 aliphatic carbocycles. The van der Waals surface area contributed by atoms with Crippen LogP contribution >= 0.6 is 11.6 Å². The SMILES string of the molecule is O=C1CC(S(=O)(=O)F)CN1c1ncc(Cl)cc1[N+](=O)[O-]. The van der Waals surface area contributed by atoms with Gasteiger partial charge < -0.3 is 0 Å². The maximum atomic E-state index is 12.9. The zero-order valence-electron chi connectivity index (χ0n) is 9.69. The molecule has 1 unspecified atom stereocenters. The van der Waals surface area contributed by atoms with Crippen LogP contribution in [0.5, 0.6) is 0 Å². The molecule has 0 N–H and O–H groups in total. The molecule has 2 heterocycles. The highest BCUT2D eigenvalue weighted by Crippen LogP contribution is 2.32. The fourth-order valence-corrected chi connectivity index (χ4v) is 2.65. The maximum absolute atomic E-state index is 12.9. The Morgan fingerprint density at radius 3 is 2.70 bits per heavy atom. The molecule has 1 aliphatic rings. The lowest BCUT2D eigenvalue weighted by Gasteiger charge is -2.14. The molecule has 0 saturated carbocycles. The Hall–Kier alpha value is -1.81. The molecule has 0 radical (unpaired) electrons. The lowest BCUT2D eigenvalue weighted by molar-refractivity contribution is -0.384. The largest absolute Gasteiger partial charge is 0.313 e. The number of halogens is 2. The first-order valence-electron chi connectivity index (χ1n) is 5.24. The molecule has 2 rings (SSSR count). The van der Waals surface area contributed by atoms with Gasteiger partial charge in [0.2, 0.25) is 11.7 Å². The van der Waals surface area contributed by atoms with Crippen molar-refractivity contribution in [1.82, 2.24) is 4.98 Å². The van der Waals surface area contributed by atoms with Gasteiger partial charge in [0, 0.05) is 25.2 Å². The highest BCUT2D eigenvalue weighted by atomic mass is 35.5. The molecule has 1 aromatic heterocycles. The Balaban J connectivity index is 2.43. The highest BCUT2D eigenvalue weighted by Gasteiger charge is 2.41. The smallest absolute Gasteiger partial charge is 0.290 e. The van der Waals surface area contributed by atoms with Gasteiger partial charge in [-0.3, -0.25) is 19.8 Å². The van der Waals surface area contributed by atoms with Gasteiger partial charge >= 0.3 is 15.9 Å².